The second-order valence-corrected chi connectivity index (χ2v) is 3.89. The molecule has 0 saturated carbocycles. The van der Waals surface area contributed by atoms with E-state index in [1.165, 1.54) is 5.49 Å². The number of hydrogen-bond donors (Lipinski definition) is 2. The van der Waals surface area contributed by atoms with Crippen LogP contribution < -0.4 is 11.2 Å². The van der Waals surface area contributed by atoms with Crippen molar-refractivity contribution >= 4 is 35.1 Å². The Bertz CT molecular complexity index is 447. The third-order valence-corrected chi connectivity index (χ3v) is 2.66. The molecule has 0 radical (unpaired) electrons. The van der Waals surface area contributed by atoms with Gasteiger partial charge in [0.15, 0.2) is 12.1 Å². The van der Waals surface area contributed by atoms with E-state index in [0.29, 0.717) is 16.6 Å². The lowest BCUT2D eigenvalue weighted by molar-refractivity contribution is 0.0405. The minimum atomic E-state index is -0.535. The van der Waals surface area contributed by atoms with E-state index in [1.54, 1.807) is 35.5 Å². The van der Waals surface area contributed by atoms with Crippen molar-refractivity contribution < 1.29 is 0 Å². The van der Waals surface area contributed by atoms with Crippen LogP contribution in [0.5, 0.6) is 0 Å². The van der Waals surface area contributed by atoms with Gasteiger partial charge in [-0.3, -0.25) is 10.7 Å². The Morgan fingerprint density at radius 2 is 2.35 bits per heavy atom. The fraction of sp³-hybridized carbons (Fsp3) is 0.222. The van der Waals surface area contributed by atoms with E-state index < -0.39 is 6.29 Å². The predicted molar refractivity (Wildman–Crippen MR) is 70.2 cm³/mol. The monoisotopic (exact) mass is 270 g/mol. The summed E-state index contributed by atoms with van der Waals surface area (Å²) in [6, 6.07) is 3.50. The number of nitrogens with zero attached hydrogens (tertiary/aromatic N) is 4. The zero-order valence-electron chi connectivity index (χ0n) is 9.04. The van der Waals surface area contributed by atoms with Crippen molar-refractivity contribution in [1.82, 2.24) is 20.5 Å². The summed E-state index contributed by atoms with van der Waals surface area (Å²) < 4.78 is 0. The second-order valence-electron chi connectivity index (χ2n) is 3.25. The number of rotatable bonds is 3. The highest BCUT2D eigenvalue weighted by Gasteiger charge is 2.31. The number of aliphatic imine (C=N–C) groups is 1. The van der Waals surface area contributed by atoms with Gasteiger partial charge in [-0.05, 0) is 12.1 Å². The zero-order valence-corrected chi connectivity index (χ0v) is 10.6. The largest absolute Gasteiger partial charge is 0.295 e. The molecule has 1 atom stereocenters. The van der Waals surface area contributed by atoms with Gasteiger partial charge >= 0.3 is 0 Å². The molecule has 1 aliphatic heterocycles. The number of aromatic nitrogens is 1. The molecule has 0 bridgehead atoms. The molecule has 3 N–H and O–H groups in total. The van der Waals surface area contributed by atoms with Crippen molar-refractivity contribution in [2.45, 2.75) is 6.29 Å². The molecular weight excluding hydrogens is 260 g/mol. The minimum Gasteiger partial charge on any atom is -0.295 e. The van der Waals surface area contributed by atoms with Crippen LogP contribution in [0.3, 0.4) is 0 Å². The van der Waals surface area contributed by atoms with Crippen LogP contribution in [0.25, 0.3) is 0 Å². The lowest BCUT2D eigenvalue weighted by Crippen LogP contribution is -2.53. The van der Waals surface area contributed by atoms with Crippen molar-refractivity contribution in [3.63, 3.8) is 0 Å². The molecule has 1 unspecified atom stereocenters. The summed E-state index contributed by atoms with van der Waals surface area (Å²) in [6.45, 7) is 0. The molecule has 2 heterocycles. The molecule has 90 valence electrons. The Morgan fingerprint density at radius 3 is 2.88 bits per heavy atom. The molecule has 0 spiro atoms. The average Bonchev–Trinajstić information content (AvgIpc) is 2.66. The number of halogens is 1. The van der Waals surface area contributed by atoms with Crippen LogP contribution >= 0.6 is 23.8 Å². The maximum Gasteiger partial charge on any atom is 0.187 e. The van der Waals surface area contributed by atoms with Crippen LogP contribution in [0.1, 0.15) is 5.69 Å². The zero-order chi connectivity index (χ0) is 12.4. The molecule has 8 heteroatoms. The molecule has 1 aliphatic rings. The topological polar surface area (TPSA) is 69.8 Å². The van der Waals surface area contributed by atoms with Crippen LogP contribution in [-0.4, -0.2) is 39.8 Å². The van der Waals surface area contributed by atoms with Gasteiger partial charge in [0.05, 0.1) is 10.5 Å². The summed E-state index contributed by atoms with van der Waals surface area (Å²) in [7, 11) is 1.74. The molecule has 6 nitrogen and oxygen atoms in total. The maximum absolute atomic E-state index is 5.83. The first-order valence-electron chi connectivity index (χ1n) is 4.83. The number of amidine groups is 1. The van der Waals surface area contributed by atoms with E-state index in [-0.39, 0.29) is 0 Å². The normalized spacial score (nSPS) is 20.5. The predicted octanol–water partition coefficient (Wildman–Crippen LogP) is 0.348. The summed E-state index contributed by atoms with van der Waals surface area (Å²) >= 11 is 10.7. The Morgan fingerprint density at radius 1 is 1.59 bits per heavy atom. The first-order chi connectivity index (χ1) is 8.17. The first-order valence-corrected chi connectivity index (χ1v) is 5.68. The lowest BCUT2D eigenvalue weighted by atomic mass is 10.3. The lowest BCUT2D eigenvalue weighted by Gasteiger charge is -2.26. The summed E-state index contributed by atoms with van der Waals surface area (Å²) in [5, 5.41) is 3.78. The van der Waals surface area contributed by atoms with Crippen molar-refractivity contribution in [2.75, 3.05) is 7.05 Å². The number of pyridine rings is 1. The van der Waals surface area contributed by atoms with E-state index in [4.69, 9.17) is 29.6 Å². The molecule has 2 rings (SSSR count). The van der Waals surface area contributed by atoms with Crippen LogP contribution in [0.2, 0.25) is 5.02 Å². The molecule has 0 aliphatic carbocycles. The summed E-state index contributed by atoms with van der Waals surface area (Å²) in [4.78, 5) is 8.45. The Kier molecular flexibility index (Phi) is 3.65. The van der Waals surface area contributed by atoms with E-state index >= 15 is 0 Å². The van der Waals surface area contributed by atoms with Crippen LogP contribution in [0.15, 0.2) is 23.3 Å². The molecule has 0 fully saturated rings. The highest BCUT2D eigenvalue weighted by Crippen LogP contribution is 2.15. The quantitative estimate of drug-likeness (QED) is 0.773. The number of hydrazine groups is 2. The maximum atomic E-state index is 5.83. The number of nitrogens with one attached hydrogen (secondary N) is 1. The smallest absolute Gasteiger partial charge is 0.187 e. The van der Waals surface area contributed by atoms with E-state index in [9.17, 15) is 0 Å². The van der Waals surface area contributed by atoms with E-state index in [1.807, 2.05) is 0 Å². The summed E-state index contributed by atoms with van der Waals surface area (Å²) in [6.07, 6.45) is 1.01. The van der Waals surface area contributed by atoms with Crippen molar-refractivity contribution in [3.05, 3.63) is 29.0 Å². The van der Waals surface area contributed by atoms with Crippen molar-refractivity contribution in [1.29, 1.82) is 0 Å². The SMILES string of the molecule is CNN1C(N)N=C(c2ccc(Cl)cn2)N1C=S. The number of nitrogens with two attached hydrogens (primary N) is 1. The van der Waals surface area contributed by atoms with Gasteiger partial charge in [0.1, 0.15) is 5.69 Å². The van der Waals surface area contributed by atoms with Gasteiger partial charge in [0, 0.05) is 13.2 Å². The minimum absolute atomic E-state index is 0.535. The third-order valence-electron chi connectivity index (χ3n) is 2.24. The van der Waals surface area contributed by atoms with Crippen LogP contribution in [0.4, 0.5) is 0 Å². The molecule has 0 amide bonds. The summed E-state index contributed by atoms with van der Waals surface area (Å²) in [5.41, 5.74) is 10.8. The van der Waals surface area contributed by atoms with E-state index in [2.05, 4.69) is 15.4 Å². The molecule has 1 aromatic heterocycles. The summed E-state index contributed by atoms with van der Waals surface area (Å²) in [5.74, 6) is 0.582. The fourth-order valence-corrected chi connectivity index (χ4v) is 1.81. The van der Waals surface area contributed by atoms with Crippen molar-refractivity contribution in [3.8, 4) is 0 Å². The highest BCUT2D eigenvalue weighted by atomic mass is 35.5. The van der Waals surface area contributed by atoms with Gasteiger partial charge in [-0.1, -0.05) is 23.8 Å². The van der Waals surface area contributed by atoms with Gasteiger partial charge in [-0.2, -0.15) is 0 Å². The molecule has 0 saturated heterocycles. The Labute approximate surface area is 109 Å². The first kappa shape index (κ1) is 12.3. The van der Waals surface area contributed by atoms with Crippen LogP contribution in [-0.2, 0) is 0 Å². The third kappa shape index (κ3) is 2.28. The standard InChI is InChI=1S/C9H11ClN6S/c1-12-16-9(11)14-8(15(16)5-17)7-3-2-6(10)4-13-7/h2-5,9,12H,11H2,1H3. The van der Waals surface area contributed by atoms with Gasteiger partial charge in [0.25, 0.3) is 0 Å². The van der Waals surface area contributed by atoms with Gasteiger partial charge in [-0.25, -0.2) is 15.4 Å². The average molecular weight is 271 g/mol. The second kappa shape index (κ2) is 5.03. The van der Waals surface area contributed by atoms with Gasteiger partial charge in [0.2, 0.25) is 0 Å². The number of thiocarbonyl (C=S) groups is 1. The number of hydrogen-bond acceptors (Lipinski definition) is 6. The van der Waals surface area contributed by atoms with Gasteiger partial charge < -0.3 is 0 Å². The van der Waals surface area contributed by atoms with Gasteiger partial charge in [-0.15, -0.1) is 5.12 Å². The van der Waals surface area contributed by atoms with E-state index in [0.717, 1.165) is 0 Å². The molecule has 1 aromatic rings. The van der Waals surface area contributed by atoms with Crippen LogP contribution in [0, 0.1) is 0 Å². The Balaban J connectivity index is 2.35. The Hall–Kier alpha value is -1.12. The fourth-order valence-electron chi connectivity index (χ4n) is 1.50. The molecular formula is C9H11ClN6S. The highest BCUT2D eigenvalue weighted by molar-refractivity contribution is 7.78. The molecule has 0 aromatic carbocycles. The van der Waals surface area contributed by atoms with Crippen molar-refractivity contribution in [2.24, 2.45) is 10.7 Å². The molecule has 17 heavy (non-hydrogen) atoms.